The molecule has 94 valence electrons. The average molecular weight is 232 g/mol. The lowest BCUT2D eigenvalue weighted by atomic mass is 10.1. The van der Waals surface area contributed by atoms with Crippen molar-refractivity contribution in [2.75, 3.05) is 18.5 Å². The van der Waals surface area contributed by atoms with Crippen molar-refractivity contribution in [3.63, 3.8) is 0 Å². The van der Waals surface area contributed by atoms with Crippen molar-refractivity contribution in [1.82, 2.24) is 5.32 Å². The van der Waals surface area contributed by atoms with E-state index in [4.69, 9.17) is 0 Å². The van der Waals surface area contributed by atoms with Gasteiger partial charge in [-0.25, -0.2) is 0 Å². The Balaban J connectivity index is 2.02. The lowest BCUT2D eigenvalue weighted by Crippen LogP contribution is -2.25. The molecule has 0 amide bonds. The van der Waals surface area contributed by atoms with Gasteiger partial charge in [0.2, 0.25) is 0 Å². The lowest BCUT2D eigenvalue weighted by Gasteiger charge is -2.24. The molecule has 2 rings (SSSR count). The van der Waals surface area contributed by atoms with Gasteiger partial charge in [0.1, 0.15) is 0 Å². The van der Waals surface area contributed by atoms with Crippen LogP contribution in [-0.2, 0) is 6.54 Å². The second kappa shape index (κ2) is 5.54. The van der Waals surface area contributed by atoms with Crippen molar-refractivity contribution in [2.45, 2.75) is 39.3 Å². The first-order valence-electron chi connectivity index (χ1n) is 6.69. The van der Waals surface area contributed by atoms with E-state index >= 15 is 0 Å². The van der Waals surface area contributed by atoms with Crippen molar-refractivity contribution in [3.8, 4) is 0 Å². The van der Waals surface area contributed by atoms with Crippen LogP contribution in [0, 0.1) is 5.92 Å². The number of benzene rings is 1. The predicted octanol–water partition coefficient (Wildman–Crippen LogP) is 3.03. The molecule has 0 spiro atoms. The summed E-state index contributed by atoms with van der Waals surface area (Å²) < 4.78 is 0. The van der Waals surface area contributed by atoms with Crippen LogP contribution in [0.1, 0.15) is 32.3 Å². The Morgan fingerprint density at radius 1 is 1.29 bits per heavy atom. The smallest absolute Gasteiger partial charge is 0.0409 e. The van der Waals surface area contributed by atoms with Crippen LogP contribution in [-0.4, -0.2) is 19.6 Å². The van der Waals surface area contributed by atoms with Gasteiger partial charge in [0.05, 0.1) is 0 Å². The third-order valence-electron chi connectivity index (χ3n) is 3.20. The van der Waals surface area contributed by atoms with E-state index < -0.39 is 0 Å². The summed E-state index contributed by atoms with van der Waals surface area (Å²) in [7, 11) is 2.19. The van der Waals surface area contributed by atoms with Crippen LogP contribution in [0.4, 0.5) is 5.69 Å². The Hall–Kier alpha value is -1.02. The fraction of sp³-hybridized carbons (Fsp3) is 0.600. The summed E-state index contributed by atoms with van der Waals surface area (Å²) in [6.45, 7) is 6.65. The SMILES string of the molecule is CC(C)CN(C)c1ccccc1CNC1CC1. The summed E-state index contributed by atoms with van der Waals surface area (Å²) in [5, 5.41) is 3.59. The highest BCUT2D eigenvalue weighted by Gasteiger charge is 2.20. The quantitative estimate of drug-likeness (QED) is 0.811. The van der Waals surface area contributed by atoms with Crippen LogP contribution < -0.4 is 10.2 Å². The van der Waals surface area contributed by atoms with Gasteiger partial charge in [-0.1, -0.05) is 32.0 Å². The van der Waals surface area contributed by atoms with Gasteiger partial charge >= 0.3 is 0 Å². The van der Waals surface area contributed by atoms with E-state index in [9.17, 15) is 0 Å². The fourth-order valence-electron chi connectivity index (χ4n) is 2.22. The van der Waals surface area contributed by atoms with Crippen molar-refractivity contribution < 1.29 is 0 Å². The van der Waals surface area contributed by atoms with Gasteiger partial charge in [-0.15, -0.1) is 0 Å². The van der Waals surface area contributed by atoms with Crippen molar-refractivity contribution in [1.29, 1.82) is 0 Å². The maximum Gasteiger partial charge on any atom is 0.0409 e. The molecule has 0 atom stereocenters. The van der Waals surface area contributed by atoms with Gasteiger partial charge in [-0.3, -0.25) is 0 Å². The highest BCUT2D eigenvalue weighted by atomic mass is 15.1. The molecule has 0 aliphatic heterocycles. The Morgan fingerprint density at radius 3 is 2.65 bits per heavy atom. The van der Waals surface area contributed by atoms with Gasteiger partial charge < -0.3 is 10.2 Å². The van der Waals surface area contributed by atoms with E-state index in [1.54, 1.807) is 0 Å². The Kier molecular flexibility index (Phi) is 4.06. The summed E-state index contributed by atoms with van der Waals surface area (Å²) in [5.41, 5.74) is 2.79. The van der Waals surface area contributed by atoms with Crippen LogP contribution >= 0.6 is 0 Å². The first-order chi connectivity index (χ1) is 8.16. The third kappa shape index (κ3) is 3.74. The van der Waals surface area contributed by atoms with Gasteiger partial charge in [0.25, 0.3) is 0 Å². The number of rotatable bonds is 6. The molecule has 0 radical (unpaired) electrons. The Morgan fingerprint density at radius 2 is 2.00 bits per heavy atom. The standard InChI is InChI=1S/C15H24N2/c1-12(2)11-17(3)15-7-5-4-6-13(15)10-16-14-8-9-14/h4-7,12,14,16H,8-11H2,1-3H3. The molecule has 1 aromatic rings. The molecule has 1 aromatic carbocycles. The molecule has 0 heterocycles. The minimum atomic E-state index is 0.699. The van der Waals surface area contributed by atoms with Gasteiger partial charge in [-0.2, -0.15) is 0 Å². The van der Waals surface area contributed by atoms with Crippen LogP contribution in [0.3, 0.4) is 0 Å². The van der Waals surface area contributed by atoms with Crippen LogP contribution in [0.25, 0.3) is 0 Å². The number of para-hydroxylation sites is 1. The highest BCUT2D eigenvalue weighted by molar-refractivity contribution is 5.53. The maximum absolute atomic E-state index is 3.59. The molecule has 2 nitrogen and oxygen atoms in total. The normalized spacial score (nSPS) is 15.3. The molecular formula is C15H24N2. The summed E-state index contributed by atoms with van der Waals surface area (Å²) in [6, 6.07) is 9.51. The minimum Gasteiger partial charge on any atom is -0.374 e. The third-order valence-corrected chi connectivity index (χ3v) is 3.20. The van der Waals surface area contributed by atoms with Crippen LogP contribution in [0.15, 0.2) is 24.3 Å². The first-order valence-corrected chi connectivity index (χ1v) is 6.69. The molecule has 1 N–H and O–H groups in total. The molecule has 1 saturated carbocycles. The molecule has 0 unspecified atom stereocenters. The van der Waals surface area contributed by atoms with E-state index in [0.29, 0.717) is 5.92 Å². The van der Waals surface area contributed by atoms with Crippen molar-refractivity contribution in [2.24, 2.45) is 5.92 Å². The maximum atomic E-state index is 3.59. The van der Waals surface area contributed by atoms with Gasteiger partial charge in [-0.05, 0) is 30.4 Å². The topological polar surface area (TPSA) is 15.3 Å². The number of anilines is 1. The van der Waals surface area contributed by atoms with Gasteiger partial charge in [0.15, 0.2) is 0 Å². The Bertz CT molecular complexity index is 356. The van der Waals surface area contributed by atoms with Crippen LogP contribution in [0.5, 0.6) is 0 Å². The molecule has 1 aliphatic rings. The number of hydrogen-bond acceptors (Lipinski definition) is 2. The lowest BCUT2D eigenvalue weighted by molar-refractivity contribution is 0.632. The van der Waals surface area contributed by atoms with E-state index in [-0.39, 0.29) is 0 Å². The number of nitrogens with one attached hydrogen (secondary N) is 1. The highest BCUT2D eigenvalue weighted by Crippen LogP contribution is 2.23. The number of nitrogens with zero attached hydrogens (tertiary/aromatic N) is 1. The first kappa shape index (κ1) is 12.4. The monoisotopic (exact) mass is 232 g/mol. The summed E-state index contributed by atoms with van der Waals surface area (Å²) in [6.07, 6.45) is 2.70. The van der Waals surface area contributed by atoms with Crippen molar-refractivity contribution >= 4 is 5.69 Å². The van der Waals surface area contributed by atoms with E-state index in [2.05, 4.69) is 55.4 Å². The average Bonchev–Trinajstić information content (AvgIpc) is 3.09. The predicted molar refractivity (Wildman–Crippen MR) is 74.4 cm³/mol. The zero-order valence-electron chi connectivity index (χ0n) is 11.2. The second-order valence-corrected chi connectivity index (χ2v) is 5.56. The fourth-order valence-corrected chi connectivity index (χ4v) is 2.22. The molecule has 1 fully saturated rings. The zero-order chi connectivity index (χ0) is 12.3. The summed E-state index contributed by atoms with van der Waals surface area (Å²) >= 11 is 0. The zero-order valence-corrected chi connectivity index (χ0v) is 11.2. The number of hydrogen-bond donors (Lipinski definition) is 1. The Labute approximate surface area is 105 Å². The minimum absolute atomic E-state index is 0.699. The van der Waals surface area contributed by atoms with E-state index in [1.165, 1.54) is 24.1 Å². The van der Waals surface area contributed by atoms with Gasteiger partial charge in [0, 0.05) is 31.9 Å². The molecule has 17 heavy (non-hydrogen) atoms. The molecule has 1 aliphatic carbocycles. The molecule has 0 aromatic heterocycles. The molecule has 2 heteroatoms. The van der Waals surface area contributed by atoms with E-state index in [0.717, 1.165) is 19.1 Å². The molecular weight excluding hydrogens is 208 g/mol. The van der Waals surface area contributed by atoms with Crippen molar-refractivity contribution in [3.05, 3.63) is 29.8 Å². The molecule has 0 saturated heterocycles. The summed E-state index contributed by atoms with van der Waals surface area (Å²) in [5.74, 6) is 0.699. The molecule has 0 bridgehead atoms. The second-order valence-electron chi connectivity index (χ2n) is 5.56. The van der Waals surface area contributed by atoms with Crippen LogP contribution in [0.2, 0.25) is 0 Å². The van der Waals surface area contributed by atoms with E-state index in [1.807, 2.05) is 0 Å². The summed E-state index contributed by atoms with van der Waals surface area (Å²) in [4.78, 5) is 2.37. The largest absolute Gasteiger partial charge is 0.374 e.